The van der Waals surface area contributed by atoms with Gasteiger partial charge in [-0.05, 0) is 54.3 Å². The summed E-state index contributed by atoms with van der Waals surface area (Å²) >= 11 is 0. The summed E-state index contributed by atoms with van der Waals surface area (Å²) in [5.74, 6) is 0.208. The fourth-order valence-corrected chi connectivity index (χ4v) is 4.11. The highest BCUT2D eigenvalue weighted by molar-refractivity contribution is 7.86. The van der Waals surface area contributed by atoms with Gasteiger partial charge in [0.15, 0.2) is 11.0 Å². The number of pyridine rings is 1. The van der Waals surface area contributed by atoms with Crippen molar-refractivity contribution < 1.29 is 8.60 Å². The van der Waals surface area contributed by atoms with Crippen LogP contribution in [0.5, 0.6) is 0 Å². The van der Waals surface area contributed by atoms with Crippen LogP contribution < -0.4 is 4.72 Å². The number of nitrogens with one attached hydrogen (secondary N) is 1. The Morgan fingerprint density at radius 2 is 1.77 bits per heavy atom. The molecule has 0 saturated heterocycles. The van der Waals surface area contributed by atoms with Crippen LogP contribution in [0.2, 0.25) is 0 Å². The van der Waals surface area contributed by atoms with E-state index in [0.29, 0.717) is 27.3 Å². The van der Waals surface area contributed by atoms with E-state index in [1.807, 2.05) is 37.3 Å². The minimum atomic E-state index is -1.48. The van der Waals surface area contributed by atoms with Gasteiger partial charge in [-0.25, -0.2) is 13.3 Å². The SMILES string of the molecule is Cc1cc(NS(=O)c2ccc(C(C)(C)C)cc2)n(-c2ccnc3ccc(F)cc23)n1. The van der Waals surface area contributed by atoms with Crippen molar-refractivity contribution in [1.82, 2.24) is 14.8 Å². The molecule has 2 aromatic carbocycles. The zero-order valence-corrected chi connectivity index (χ0v) is 18.1. The molecule has 2 heterocycles. The molecule has 7 heteroatoms. The van der Waals surface area contributed by atoms with Crippen LogP contribution in [0.15, 0.2) is 65.7 Å². The summed E-state index contributed by atoms with van der Waals surface area (Å²) in [4.78, 5) is 4.96. The predicted octanol–water partition coefficient (Wildman–Crippen LogP) is 5.30. The zero-order chi connectivity index (χ0) is 21.5. The quantitative estimate of drug-likeness (QED) is 0.485. The van der Waals surface area contributed by atoms with Crippen LogP contribution in [0.4, 0.5) is 10.2 Å². The summed E-state index contributed by atoms with van der Waals surface area (Å²) in [6, 6.07) is 15.7. The maximum atomic E-state index is 13.9. The Morgan fingerprint density at radius 1 is 1.03 bits per heavy atom. The standard InChI is InChI=1S/C23H23FN4OS/c1-15-13-22(27-30(29)18-8-5-16(6-9-18)23(2,3)4)28(26-15)21-11-12-25-20-10-7-17(24)14-19(20)21/h5-14,27H,1-4H3. The molecule has 0 saturated carbocycles. The largest absolute Gasteiger partial charge is 0.285 e. The van der Waals surface area contributed by atoms with E-state index in [1.54, 1.807) is 23.0 Å². The number of nitrogens with zero attached hydrogens (tertiary/aromatic N) is 3. The molecule has 0 amide bonds. The van der Waals surface area contributed by atoms with Gasteiger partial charge in [-0.15, -0.1) is 0 Å². The number of aryl methyl sites for hydroxylation is 1. The van der Waals surface area contributed by atoms with Crippen molar-refractivity contribution in [1.29, 1.82) is 0 Å². The van der Waals surface area contributed by atoms with Gasteiger partial charge < -0.3 is 0 Å². The van der Waals surface area contributed by atoms with Crippen molar-refractivity contribution in [3.63, 3.8) is 0 Å². The third-order valence-corrected chi connectivity index (χ3v) is 5.97. The van der Waals surface area contributed by atoms with Gasteiger partial charge in [0.2, 0.25) is 0 Å². The Balaban J connectivity index is 1.70. The molecule has 0 radical (unpaired) electrons. The third kappa shape index (κ3) is 3.98. The van der Waals surface area contributed by atoms with E-state index >= 15 is 0 Å². The van der Waals surface area contributed by atoms with E-state index in [2.05, 4.69) is 35.6 Å². The summed E-state index contributed by atoms with van der Waals surface area (Å²) < 4.78 is 31.5. The van der Waals surface area contributed by atoms with Gasteiger partial charge in [0.1, 0.15) is 11.6 Å². The van der Waals surface area contributed by atoms with E-state index in [1.165, 1.54) is 17.7 Å². The van der Waals surface area contributed by atoms with Crippen LogP contribution in [-0.2, 0) is 16.4 Å². The average Bonchev–Trinajstić information content (AvgIpc) is 3.06. The number of aromatic nitrogens is 3. The molecular formula is C23H23FN4OS. The van der Waals surface area contributed by atoms with Gasteiger partial charge in [-0.2, -0.15) is 5.10 Å². The highest BCUT2D eigenvalue weighted by atomic mass is 32.2. The van der Waals surface area contributed by atoms with Crippen LogP contribution in [0, 0.1) is 12.7 Å². The smallest absolute Gasteiger partial charge is 0.151 e. The molecule has 0 spiro atoms. The van der Waals surface area contributed by atoms with E-state index in [0.717, 1.165) is 5.69 Å². The fraction of sp³-hybridized carbons (Fsp3) is 0.217. The van der Waals surface area contributed by atoms with E-state index in [4.69, 9.17) is 0 Å². The number of anilines is 1. The first-order chi connectivity index (χ1) is 14.2. The highest BCUT2D eigenvalue weighted by Crippen LogP contribution is 2.27. The number of benzene rings is 2. The van der Waals surface area contributed by atoms with Crippen molar-refractivity contribution in [2.75, 3.05) is 4.72 Å². The summed E-state index contributed by atoms with van der Waals surface area (Å²) in [7, 11) is -1.48. The van der Waals surface area contributed by atoms with Gasteiger partial charge in [0.05, 0.1) is 21.8 Å². The van der Waals surface area contributed by atoms with E-state index < -0.39 is 11.0 Å². The van der Waals surface area contributed by atoms with Crippen molar-refractivity contribution in [2.24, 2.45) is 0 Å². The Labute approximate surface area is 177 Å². The molecule has 4 rings (SSSR count). The van der Waals surface area contributed by atoms with Crippen molar-refractivity contribution in [2.45, 2.75) is 38.0 Å². The number of hydrogen-bond acceptors (Lipinski definition) is 3. The highest BCUT2D eigenvalue weighted by Gasteiger charge is 2.16. The van der Waals surface area contributed by atoms with E-state index in [-0.39, 0.29) is 11.2 Å². The lowest BCUT2D eigenvalue weighted by Crippen LogP contribution is -2.12. The summed E-state index contributed by atoms with van der Waals surface area (Å²) in [5.41, 5.74) is 3.27. The molecular weight excluding hydrogens is 399 g/mol. The number of hydrogen-bond donors (Lipinski definition) is 1. The Bertz CT molecular complexity index is 1240. The second-order valence-corrected chi connectivity index (χ2v) is 9.43. The molecule has 0 aliphatic heterocycles. The van der Waals surface area contributed by atoms with Gasteiger partial charge in [0.25, 0.3) is 0 Å². The zero-order valence-electron chi connectivity index (χ0n) is 17.3. The summed E-state index contributed by atoms with van der Waals surface area (Å²) in [6.45, 7) is 8.27. The second kappa shape index (κ2) is 7.65. The van der Waals surface area contributed by atoms with Crippen molar-refractivity contribution in [3.05, 3.63) is 77.9 Å². The molecule has 1 atom stereocenters. The first kappa shape index (κ1) is 20.2. The van der Waals surface area contributed by atoms with Crippen LogP contribution in [0.3, 0.4) is 0 Å². The fourth-order valence-electron chi connectivity index (χ4n) is 3.28. The topological polar surface area (TPSA) is 59.8 Å². The van der Waals surface area contributed by atoms with E-state index in [9.17, 15) is 8.60 Å². The predicted molar refractivity (Wildman–Crippen MR) is 119 cm³/mol. The van der Waals surface area contributed by atoms with Crippen molar-refractivity contribution >= 4 is 27.7 Å². The first-order valence-corrected chi connectivity index (χ1v) is 10.8. The molecule has 30 heavy (non-hydrogen) atoms. The lowest BCUT2D eigenvalue weighted by molar-refractivity contribution is 0.589. The maximum Gasteiger partial charge on any atom is 0.151 e. The molecule has 0 aliphatic carbocycles. The monoisotopic (exact) mass is 422 g/mol. The summed E-state index contributed by atoms with van der Waals surface area (Å²) in [6.07, 6.45) is 1.65. The van der Waals surface area contributed by atoms with Crippen LogP contribution >= 0.6 is 0 Å². The molecule has 0 fully saturated rings. The maximum absolute atomic E-state index is 13.9. The lowest BCUT2D eigenvalue weighted by atomic mass is 9.87. The Morgan fingerprint density at radius 3 is 2.47 bits per heavy atom. The van der Waals surface area contributed by atoms with Crippen LogP contribution in [0.1, 0.15) is 32.0 Å². The molecule has 154 valence electrons. The first-order valence-electron chi connectivity index (χ1n) is 9.63. The normalized spacial score (nSPS) is 12.8. The molecule has 2 aromatic heterocycles. The molecule has 5 nitrogen and oxygen atoms in total. The summed E-state index contributed by atoms with van der Waals surface area (Å²) in [5, 5.41) is 5.15. The number of fused-ring (bicyclic) bond motifs is 1. The minimum absolute atomic E-state index is 0.0286. The van der Waals surface area contributed by atoms with Gasteiger partial charge in [0, 0.05) is 17.6 Å². The second-order valence-electron chi connectivity index (χ2n) is 8.22. The lowest BCUT2D eigenvalue weighted by Gasteiger charge is -2.19. The molecule has 4 aromatic rings. The van der Waals surface area contributed by atoms with Crippen molar-refractivity contribution in [3.8, 4) is 5.69 Å². The Kier molecular flexibility index (Phi) is 5.15. The molecule has 0 aliphatic rings. The van der Waals surface area contributed by atoms with Gasteiger partial charge >= 0.3 is 0 Å². The van der Waals surface area contributed by atoms with Gasteiger partial charge in [-0.3, -0.25) is 9.71 Å². The Hall–Kier alpha value is -3.06. The molecule has 1 N–H and O–H groups in total. The number of rotatable bonds is 4. The average molecular weight is 423 g/mol. The minimum Gasteiger partial charge on any atom is -0.285 e. The number of halogens is 1. The van der Waals surface area contributed by atoms with Gasteiger partial charge in [-0.1, -0.05) is 32.9 Å². The third-order valence-electron chi connectivity index (χ3n) is 4.87. The van der Waals surface area contributed by atoms with Crippen LogP contribution in [0.25, 0.3) is 16.6 Å². The van der Waals surface area contributed by atoms with Crippen LogP contribution in [-0.4, -0.2) is 19.0 Å². The molecule has 1 unspecified atom stereocenters. The molecule has 0 bridgehead atoms.